The molecule has 50 heavy (non-hydrogen) atoms. The predicted molar refractivity (Wildman–Crippen MR) is 213 cm³/mol. The van der Waals surface area contributed by atoms with Crippen molar-refractivity contribution in [3.8, 4) is 0 Å². The predicted octanol–water partition coefficient (Wildman–Crippen LogP) is 11.6. The van der Waals surface area contributed by atoms with Gasteiger partial charge in [-0.25, -0.2) is 0 Å². The van der Waals surface area contributed by atoms with Crippen molar-refractivity contribution >= 4 is 16.0 Å². The molecule has 0 aliphatic heterocycles. The van der Waals surface area contributed by atoms with Gasteiger partial charge in [0.05, 0.1) is 17.9 Å². The largest absolute Gasteiger partial charge is 0.391 e. The number of amides is 1. The highest BCUT2D eigenvalue weighted by molar-refractivity contribution is 7.85. The Morgan fingerprint density at radius 1 is 0.520 bits per heavy atom. The Morgan fingerprint density at radius 3 is 1.20 bits per heavy atom. The fourth-order valence-electron chi connectivity index (χ4n) is 6.75. The lowest BCUT2D eigenvalue weighted by molar-refractivity contribution is -0.131. The number of unbranched alkanes of at least 4 members (excludes halogenated alkanes) is 28. The number of aliphatic hydroxyl groups is 2. The van der Waals surface area contributed by atoms with Crippen LogP contribution in [-0.4, -0.2) is 53.1 Å². The quantitative estimate of drug-likeness (QED) is 0.0284. The Hall–Kier alpha value is -0.960. The van der Waals surface area contributed by atoms with Crippen LogP contribution in [0.15, 0.2) is 12.2 Å². The summed E-state index contributed by atoms with van der Waals surface area (Å²) in [6.07, 6.45) is 40.8. The normalized spacial score (nSPS) is 13.9. The van der Waals surface area contributed by atoms with Gasteiger partial charge in [0, 0.05) is 0 Å². The average Bonchev–Trinajstić information content (AvgIpc) is 3.08. The second-order valence-electron chi connectivity index (χ2n) is 15.1. The molecule has 4 N–H and O–H groups in total. The van der Waals surface area contributed by atoms with Crippen LogP contribution in [0.2, 0.25) is 0 Å². The van der Waals surface area contributed by atoms with Crippen molar-refractivity contribution in [1.29, 1.82) is 0 Å². The first-order valence-electron chi connectivity index (χ1n) is 21.5. The van der Waals surface area contributed by atoms with Crippen LogP contribution in [0, 0.1) is 0 Å². The SMILES string of the molecule is CCCCCCCCCC/C=C\CCCCCCCCC(O)C(=O)NC(CS(=O)(=O)O)C(O)CCCCCCCCCCCCCCCCC. The van der Waals surface area contributed by atoms with E-state index in [0.717, 1.165) is 51.4 Å². The van der Waals surface area contributed by atoms with Crippen molar-refractivity contribution in [3.63, 3.8) is 0 Å². The Bertz CT molecular complexity index is 864. The van der Waals surface area contributed by atoms with Gasteiger partial charge in [-0.3, -0.25) is 9.35 Å². The topological polar surface area (TPSA) is 124 Å². The number of allylic oxidation sites excluding steroid dienone is 2. The second kappa shape index (κ2) is 36.4. The Labute approximate surface area is 310 Å². The lowest BCUT2D eigenvalue weighted by atomic mass is 10.0. The maximum absolute atomic E-state index is 12.6. The molecule has 3 unspecified atom stereocenters. The number of carbonyl (C=O) groups is 1. The van der Waals surface area contributed by atoms with Crippen LogP contribution in [0.25, 0.3) is 0 Å². The van der Waals surface area contributed by atoms with Gasteiger partial charge in [-0.15, -0.1) is 0 Å². The van der Waals surface area contributed by atoms with Gasteiger partial charge >= 0.3 is 0 Å². The van der Waals surface area contributed by atoms with E-state index in [2.05, 4.69) is 31.3 Å². The number of nitrogens with one attached hydrogen (secondary N) is 1. The summed E-state index contributed by atoms with van der Waals surface area (Å²) in [4.78, 5) is 12.6. The standard InChI is InChI=1S/C42H83NO6S/c1-3-5-7-9-11-13-15-17-19-20-21-23-25-27-29-31-33-35-37-41(45)42(46)43-39(38-50(47,48)49)40(44)36-34-32-30-28-26-24-22-18-16-14-12-10-8-6-4-2/h20-21,39-41,44-45H,3-19,22-38H2,1-2H3,(H,43,46)(H,47,48,49)/b21-20-. The van der Waals surface area contributed by atoms with Gasteiger partial charge in [0.15, 0.2) is 0 Å². The summed E-state index contributed by atoms with van der Waals surface area (Å²) in [6, 6.07) is -1.15. The van der Waals surface area contributed by atoms with Crippen LogP contribution < -0.4 is 5.32 Å². The Morgan fingerprint density at radius 2 is 0.840 bits per heavy atom. The summed E-state index contributed by atoms with van der Waals surface area (Å²) >= 11 is 0. The van der Waals surface area contributed by atoms with E-state index in [1.54, 1.807) is 0 Å². The molecular formula is C42H83NO6S. The van der Waals surface area contributed by atoms with Crippen LogP contribution in [0.5, 0.6) is 0 Å². The van der Waals surface area contributed by atoms with Gasteiger partial charge in [0.1, 0.15) is 6.10 Å². The third-order valence-electron chi connectivity index (χ3n) is 10.1. The van der Waals surface area contributed by atoms with Gasteiger partial charge in [0.25, 0.3) is 10.1 Å². The van der Waals surface area contributed by atoms with Crippen LogP contribution in [0.3, 0.4) is 0 Å². The first kappa shape index (κ1) is 49.0. The fraction of sp³-hybridized carbons (Fsp3) is 0.929. The first-order chi connectivity index (χ1) is 24.2. The molecule has 0 rings (SSSR count). The molecule has 0 bridgehead atoms. The molecule has 0 aromatic carbocycles. The minimum atomic E-state index is -4.41. The summed E-state index contributed by atoms with van der Waals surface area (Å²) in [5, 5.41) is 23.6. The van der Waals surface area contributed by atoms with Gasteiger partial charge in [0.2, 0.25) is 5.91 Å². The zero-order valence-electron chi connectivity index (χ0n) is 32.9. The van der Waals surface area contributed by atoms with Crippen molar-refractivity contribution in [2.75, 3.05) is 5.75 Å². The van der Waals surface area contributed by atoms with E-state index < -0.39 is 40.0 Å². The van der Waals surface area contributed by atoms with Crippen LogP contribution in [0.1, 0.15) is 226 Å². The van der Waals surface area contributed by atoms with E-state index in [1.165, 1.54) is 141 Å². The van der Waals surface area contributed by atoms with Crippen LogP contribution in [-0.2, 0) is 14.9 Å². The van der Waals surface area contributed by atoms with Crippen molar-refractivity contribution in [1.82, 2.24) is 5.32 Å². The molecule has 0 aromatic rings. The molecule has 298 valence electrons. The average molecular weight is 730 g/mol. The van der Waals surface area contributed by atoms with Crippen molar-refractivity contribution in [2.24, 2.45) is 0 Å². The molecule has 0 aliphatic rings. The van der Waals surface area contributed by atoms with Gasteiger partial charge in [-0.2, -0.15) is 8.42 Å². The van der Waals surface area contributed by atoms with Crippen LogP contribution >= 0.6 is 0 Å². The number of hydrogen-bond acceptors (Lipinski definition) is 5. The highest BCUT2D eigenvalue weighted by Crippen LogP contribution is 2.16. The molecule has 1 amide bonds. The number of rotatable bonds is 39. The van der Waals surface area contributed by atoms with E-state index in [0.29, 0.717) is 19.3 Å². The lowest BCUT2D eigenvalue weighted by Crippen LogP contribution is -2.50. The number of aliphatic hydroxyl groups excluding tert-OH is 2. The Balaban J connectivity index is 3.95. The smallest absolute Gasteiger partial charge is 0.266 e. The monoisotopic (exact) mass is 730 g/mol. The summed E-state index contributed by atoms with van der Waals surface area (Å²) in [5.74, 6) is -1.45. The van der Waals surface area contributed by atoms with Crippen molar-refractivity contribution in [3.05, 3.63) is 12.2 Å². The van der Waals surface area contributed by atoms with E-state index in [4.69, 9.17) is 0 Å². The summed E-state index contributed by atoms with van der Waals surface area (Å²) < 4.78 is 32.6. The minimum absolute atomic E-state index is 0.293. The second-order valence-corrected chi connectivity index (χ2v) is 16.6. The maximum atomic E-state index is 12.6. The molecule has 0 heterocycles. The van der Waals surface area contributed by atoms with E-state index in [1.807, 2.05) is 0 Å². The highest BCUT2D eigenvalue weighted by Gasteiger charge is 2.28. The summed E-state index contributed by atoms with van der Waals surface area (Å²) in [6.45, 7) is 4.51. The molecule has 0 saturated heterocycles. The van der Waals surface area contributed by atoms with E-state index in [9.17, 15) is 28.0 Å². The molecule has 0 fully saturated rings. The van der Waals surface area contributed by atoms with E-state index in [-0.39, 0.29) is 0 Å². The third-order valence-corrected chi connectivity index (χ3v) is 10.9. The summed E-state index contributed by atoms with van der Waals surface area (Å²) in [7, 11) is -4.41. The number of hydrogen-bond donors (Lipinski definition) is 4. The number of carbonyl (C=O) groups excluding carboxylic acids is 1. The molecule has 8 heteroatoms. The lowest BCUT2D eigenvalue weighted by Gasteiger charge is -2.24. The zero-order chi connectivity index (χ0) is 37.0. The fourth-order valence-corrected chi connectivity index (χ4v) is 7.51. The molecule has 0 saturated carbocycles. The van der Waals surface area contributed by atoms with Crippen molar-refractivity contribution < 1.29 is 28.0 Å². The van der Waals surface area contributed by atoms with Crippen LogP contribution in [0.4, 0.5) is 0 Å². The molecule has 7 nitrogen and oxygen atoms in total. The molecular weight excluding hydrogens is 647 g/mol. The van der Waals surface area contributed by atoms with Crippen molar-refractivity contribution in [2.45, 2.75) is 244 Å². The molecule has 3 atom stereocenters. The Kier molecular flexibility index (Phi) is 35.7. The zero-order valence-corrected chi connectivity index (χ0v) is 33.7. The summed E-state index contributed by atoms with van der Waals surface area (Å²) in [5.41, 5.74) is 0. The van der Waals surface area contributed by atoms with Gasteiger partial charge < -0.3 is 15.5 Å². The first-order valence-corrected chi connectivity index (χ1v) is 23.1. The molecule has 0 radical (unpaired) electrons. The molecule has 0 aliphatic carbocycles. The maximum Gasteiger partial charge on any atom is 0.266 e. The van der Waals surface area contributed by atoms with Gasteiger partial charge in [-0.05, 0) is 38.5 Å². The minimum Gasteiger partial charge on any atom is -0.391 e. The van der Waals surface area contributed by atoms with Gasteiger partial charge in [-0.1, -0.05) is 199 Å². The van der Waals surface area contributed by atoms with E-state index >= 15 is 0 Å². The third kappa shape index (κ3) is 35.4. The molecule has 0 aromatic heterocycles. The molecule has 0 spiro atoms. The highest BCUT2D eigenvalue weighted by atomic mass is 32.2.